The molecule has 3 aromatic carbocycles. The summed E-state index contributed by atoms with van der Waals surface area (Å²) in [5.41, 5.74) is 3.87. The van der Waals surface area contributed by atoms with Gasteiger partial charge in [0.1, 0.15) is 17.9 Å². The Morgan fingerprint density at radius 3 is 2.34 bits per heavy atom. The SMILES string of the molecule is CCOc1ccc(-n2cc(-c3ccccc3)c3c(N4CCN(C(=O)COc5ccccc5F)CC4)ncnc32)cc1. The minimum absolute atomic E-state index is 0.0772. The van der Waals surface area contributed by atoms with Crippen molar-refractivity contribution in [1.29, 1.82) is 0 Å². The standard InChI is InChI=1S/C32H30FN5O3/c1-2-40-25-14-12-24(13-15-25)38-20-26(23-8-4-3-5-9-23)30-31(34-22-35-32(30)38)37-18-16-36(17-19-37)29(39)21-41-28-11-7-6-10-27(28)33/h3-15,20,22H,2,16-19,21H2,1H3. The fraction of sp³-hybridized carbons (Fsp3) is 0.219. The number of nitrogens with zero attached hydrogens (tertiary/aromatic N) is 5. The first-order valence-corrected chi connectivity index (χ1v) is 13.7. The molecule has 0 atom stereocenters. The summed E-state index contributed by atoms with van der Waals surface area (Å²) in [4.78, 5) is 26.2. The van der Waals surface area contributed by atoms with Gasteiger partial charge in [-0.3, -0.25) is 4.79 Å². The van der Waals surface area contributed by atoms with E-state index < -0.39 is 5.82 Å². The molecule has 1 fully saturated rings. The molecule has 0 saturated carbocycles. The summed E-state index contributed by atoms with van der Waals surface area (Å²) < 4.78 is 27.0. The predicted octanol–water partition coefficient (Wildman–Crippen LogP) is 5.35. The van der Waals surface area contributed by atoms with Crippen LogP contribution in [-0.2, 0) is 4.79 Å². The van der Waals surface area contributed by atoms with Gasteiger partial charge in [-0.05, 0) is 48.9 Å². The highest BCUT2D eigenvalue weighted by Crippen LogP contribution is 2.37. The van der Waals surface area contributed by atoms with Gasteiger partial charge in [-0.25, -0.2) is 14.4 Å². The smallest absolute Gasteiger partial charge is 0.260 e. The van der Waals surface area contributed by atoms with E-state index in [-0.39, 0.29) is 18.3 Å². The quantitative estimate of drug-likeness (QED) is 0.259. The van der Waals surface area contributed by atoms with E-state index >= 15 is 0 Å². The van der Waals surface area contributed by atoms with Gasteiger partial charge < -0.3 is 23.8 Å². The lowest BCUT2D eigenvalue weighted by Crippen LogP contribution is -2.50. The second kappa shape index (κ2) is 11.7. The molecule has 1 saturated heterocycles. The molecule has 6 rings (SSSR count). The van der Waals surface area contributed by atoms with Crippen molar-refractivity contribution in [3.63, 3.8) is 0 Å². The van der Waals surface area contributed by atoms with E-state index in [4.69, 9.17) is 19.4 Å². The summed E-state index contributed by atoms with van der Waals surface area (Å²) in [6.07, 6.45) is 3.70. The zero-order valence-electron chi connectivity index (χ0n) is 22.7. The lowest BCUT2D eigenvalue weighted by Gasteiger charge is -2.35. The molecule has 1 amide bonds. The largest absolute Gasteiger partial charge is 0.494 e. The molecular weight excluding hydrogens is 521 g/mol. The predicted molar refractivity (Wildman–Crippen MR) is 156 cm³/mol. The van der Waals surface area contributed by atoms with E-state index in [0.29, 0.717) is 32.8 Å². The van der Waals surface area contributed by atoms with Crippen LogP contribution in [-0.4, -0.2) is 64.7 Å². The van der Waals surface area contributed by atoms with E-state index in [1.807, 2.05) is 49.4 Å². The van der Waals surface area contributed by atoms with Gasteiger partial charge >= 0.3 is 0 Å². The number of fused-ring (bicyclic) bond motifs is 1. The number of benzene rings is 3. The summed E-state index contributed by atoms with van der Waals surface area (Å²) in [6, 6.07) is 24.3. The molecule has 0 radical (unpaired) electrons. The van der Waals surface area contributed by atoms with Gasteiger partial charge in [0.05, 0.1) is 12.0 Å². The molecule has 2 aromatic heterocycles. The first-order valence-electron chi connectivity index (χ1n) is 13.7. The van der Waals surface area contributed by atoms with Crippen LogP contribution >= 0.6 is 0 Å². The molecule has 1 aliphatic rings. The maximum absolute atomic E-state index is 13.9. The number of anilines is 1. The molecule has 0 aliphatic carbocycles. The van der Waals surface area contributed by atoms with Crippen molar-refractivity contribution < 1.29 is 18.7 Å². The Kier molecular flexibility index (Phi) is 7.49. The number of carbonyl (C=O) groups is 1. The fourth-order valence-electron chi connectivity index (χ4n) is 5.15. The van der Waals surface area contributed by atoms with E-state index in [9.17, 15) is 9.18 Å². The maximum Gasteiger partial charge on any atom is 0.260 e. The molecule has 8 nitrogen and oxygen atoms in total. The number of carbonyl (C=O) groups excluding carboxylic acids is 1. The van der Waals surface area contributed by atoms with Crippen molar-refractivity contribution in [2.75, 3.05) is 44.3 Å². The van der Waals surface area contributed by atoms with Crippen molar-refractivity contribution in [3.8, 4) is 28.3 Å². The van der Waals surface area contributed by atoms with Crippen molar-refractivity contribution in [2.45, 2.75) is 6.92 Å². The lowest BCUT2D eigenvalue weighted by molar-refractivity contribution is -0.133. The van der Waals surface area contributed by atoms with Gasteiger partial charge in [0.25, 0.3) is 5.91 Å². The first kappa shape index (κ1) is 26.3. The van der Waals surface area contributed by atoms with E-state index in [1.165, 1.54) is 12.1 Å². The summed E-state index contributed by atoms with van der Waals surface area (Å²) in [5, 5.41) is 0.954. The Morgan fingerprint density at radius 1 is 0.878 bits per heavy atom. The van der Waals surface area contributed by atoms with Crippen LogP contribution in [0.5, 0.6) is 11.5 Å². The van der Waals surface area contributed by atoms with Crippen LogP contribution < -0.4 is 14.4 Å². The number of aromatic nitrogens is 3. The van der Waals surface area contributed by atoms with Crippen LogP contribution in [0.15, 0.2) is 91.4 Å². The average molecular weight is 552 g/mol. The number of para-hydroxylation sites is 1. The third-order valence-electron chi connectivity index (χ3n) is 7.19. The highest BCUT2D eigenvalue weighted by molar-refractivity contribution is 6.02. The summed E-state index contributed by atoms with van der Waals surface area (Å²) >= 11 is 0. The van der Waals surface area contributed by atoms with Crippen molar-refractivity contribution in [2.24, 2.45) is 0 Å². The minimum Gasteiger partial charge on any atom is -0.494 e. The number of hydrogen-bond donors (Lipinski definition) is 0. The van der Waals surface area contributed by atoms with Crippen LogP contribution in [0.1, 0.15) is 6.92 Å². The topological polar surface area (TPSA) is 72.7 Å². The zero-order valence-corrected chi connectivity index (χ0v) is 22.7. The summed E-state index contributed by atoms with van der Waals surface area (Å²) in [5.74, 6) is 1.07. The molecule has 0 N–H and O–H groups in total. The second-order valence-corrected chi connectivity index (χ2v) is 9.69. The van der Waals surface area contributed by atoms with E-state index in [1.54, 1.807) is 23.4 Å². The molecule has 41 heavy (non-hydrogen) atoms. The number of hydrogen-bond acceptors (Lipinski definition) is 6. The van der Waals surface area contributed by atoms with Crippen molar-refractivity contribution in [3.05, 3.63) is 97.2 Å². The summed E-state index contributed by atoms with van der Waals surface area (Å²) in [6.45, 7) is 4.57. The lowest BCUT2D eigenvalue weighted by atomic mass is 10.1. The van der Waals surface area contributed by atoms with Crippen LogP contribution in [0, 0.1) is 5.82 Å². The molecule has 5 aromatic rings. The monoisotopic (exact) mass is 551 g/mol. The van der Waals surface area contributed by atoms with Crippen LogP contribution in [0.2, 0.25) is 0 Å². The Bertz CT molecular complexity index is 1650. The molecule has 1 aliphatic heterocycles. The molecule has 0 unspecified atom stereocenters. The van der Waals surface area contributed by atoms with Gasteiger partial charge in [0.2, 0.25) is 0 Å². The number of piperazine rings is 1. The minimum atomic E-state index is -0.482. The Morgan fingerprint density at radius 2 is 1.61 bits per heavy atom. The van der Waals surface area contributed by atoms with Crippen LogP contribution in [0.4, 0.5) is 10.2 Å². The zero-order chi connectivity index (χ0) is 28.2. The molecule has 9 heteroatoms. The molecule has 208 valence electrons. The highest BCUT2D eigenvalue weighted by atomic mass is 19.1. The fourth-order valence-corrected chi connectivity index (χ4v) is 5.15. The van der Waals surface area contributed by atoms with E-state index in [2.05, 4.69) is 27.8 Å². The number of ether oxygens (including phenoxy) is 2. The third kappa shape index (κ3) is 5.43. The van der Waals surface area contributed by atoms with Crippen molar-refractivity contribution >= 4 is 22.8 Å². The number of rotatable bonds is 8. The number of halogens is 1. The third-order valence-corrected chi connectivity index (χ3v) is 7.19. The molecular formula is C32H30FN5O3. The van der Waals surface area contributed by atoms with Crippen LogP contribution in [0.25, 0.3) is 27.8 Å². The molecule has 3 heterocycles. The highest BCUT2D eigenvalue weighted by Gasteiger charge is 2.26. The average Bonchev–Trinajstić information content (AvgIpc) is 3.42. The Balaban J connectivity index is 1.27. The van der Waals surface area contributed by atoms with Gasteiger partial charge in [0, 0.05) is 43.6 Å². The summed E-state index contributed by atoms with van der Waals surface area (Å²) in [7, 11) is 0. The second-order valence-electron chi connectivity index (χ2n) is 9.69. The maximum atomic E-state index is 13.9. The van der Waals surface area contributed by atoms with E-state index in [0.717, 1.165) is 39.4 Å². The van der Waals surface area contributed by atoms with Gasteiger partial charge in [-0.1, -0.05) is 42.5 Å². The van der Waals surface area contributed by atoms with Gasteiger partial charge in [0.15, 0.2) is 23.8 Å². The Hall–Kier alpha value is -4.92. The van der Waals surface area contributed by atoms with Crippen LogP contribution in [0.3, 0.4) is 0 Å². The van der Waals surface area contributed by atoms with Gasteiger partial charge in [-0.2, -0.15) is 0 Å². The molecule has 0 spiro atoms. The van der Waals surface area contributed by atoms with Crippen molar-refractivity contribution in [1.82, 2.24) is 19.4 Å². The Labute approximate surface area is 237 Å². The normalized spacial score (nSPS) is 13.4. The number of amides is 1. The molecule has 0 bridgehead atoms. The van der Waals surface area contributed by atoms with Gasteiger partial charge in [-0.15, -0.1) is 0 Å². The first-order chi connectivity index (χ1) is 20.1.